The van der Waals surface area contributed by atoms with Crippen molar-refractivity contribution in [3.63, 3.8) is 0 Å². The second kappa shape index (κ2) is 8.77. The molecule has 1 aliphatic heterocycles. The predicted octanol–water partition coefficient (Wildman–Crippen LogP) is 4.82. The number of nitrogens with zero attached hydrogens (tertiary/aromatic N) is 5. The lowest BCUT2D eigenvalue weighted by Gasteiger charge is -2.33. The summed E-state index contributed by atoms with van der Waals surface area (Å²) in [4.78, 5) is 23.4. The molecule has 7 nitrogen and oxygen atoms in total. The van der Waals surface area contributed by atoms with Gasteiger partial charge in [-0.25, -0.2) is 9.18 Å². The number of fused-ring (bicyclic) bond motifs is 2. The van der Waals surface area contributed by atoms with Crippen LogP contribution >= 0.6 is 0 Å². The number of aromatic amines is 1. The molecule has 0 bridgehead atoms. The van der Waals surface area contributed by atoms with Crippen LogP contribution in [0.1, 0.15) is 35.7 Å². The van der Waals surface area contributed by atoms with E-state index in [2.05, 4.69) is 33.9 Å². The quantitative estimate of drug-likeness (QED) is 0.400. The normalized spacial score (nSPS) is 15.0. The van der Waals surface area contributed by atoms with Crippen LogP contribution in [0.3, 0.4) is 0 Å². The summed E-state index contributed by atoms with van der Waals surface area (Å²) in [7, 11) is 0. The summed E-state index contributed by atoms with van der Waals surface area (Å²) in [6, 6.07) is 16.2. The van der Waals surface area contributed by atoms with Gasteiger partial charge in [0.15, 0.2) is 0 Å². The summed E-state index contributed by atoms with van der Waals surface area (Å²) in [6.45, 7) is 4.69. The third-order valence-corrected chi connectivity index (χ3v) is 7.38. The van der Waals surface area contributed by atoms with Gasteiger partial charge in [0.1, 0.15) is 17.6 Å². The smallest absolute Gasteiger partial charge is 0.334 e. The first-order valence-electron chi connectivity index (χ1n) is 12.1. The average molecular weight is 481 g/mol. The summed E-state index contributed by atoms with van der Waals surface area (Å²) in [5, 5.41) is 10.3. The van der Waals surface area contributed by atoms with E-state index in [1.807, 2.05) is 22.8 Å². The van der Waals surface area contributed by atoms with E-state index in [1.54, 1.807) is 29.1 Å². The Morgan fingerprint density at radius 3 is 2.64 bits per heavy atom. The highest BCUT2D eigenvalue weighted by atomic mass is 19.1. The van der Waals surface area contributed by atoms with Crippen LogP contribution in [0.2, 0.25) is 0 Å². The molecule has 1 fully saturated rings. The number of benzene rings is 2. The molecule has 0 atom stereocenters. The van der Waals surface area contributed by atoms with Crippen LogP contribution in [-0.2, 0) is 6.54 Å². The van der Waals surface area contributed by atoms with Crippen LogP contribution in [-0.4, -0.2) is 37.1 Å². The third-order valence-electron chi connectivity index (χ3n) is 7.38. The Morgan fingerprint density at radius 2 is 1.89 bits per heavy atom. The molecular weight excluding hydrogens is 455 g/mol. The van der Waals surface area contributed by atoms with Crippen LogP contribution < -0.4 is 5.69 Å². The lowest BCUT2D eigenvalue weighted by atomic mass is 10.0. The topological polar surface area (TPSA) is 82.6 Å². The summed E-state index contributed by atoms with van der Waals surface area (Å²) >= 11 is 0. The molecule has 8 heteroatoms. The van der Waals surface area contributed by atoms with Gasteiger partial charge in [0.2, 0.25) is 0 Å². The van der Waals surface area contributed by atoms with Gasteiger partial charge in [-0.3, -0.25) is 19.0 Å². The van der Waals surface area contributed by atoms with Crippen LogP contribution in [0.15, 0.2) is 65.7 Å². The lowest BCUT2D eigenvalue weighted by molar-refractivity contribution is 0.179. The fourth-order valence-corrected chi connectivity index (χ4v) is 5.46. The van der Waals surface area contributed by atoms with E-state index >= 15 is 0 Å². The number of aryl methyl sites for hydroxylation is 1. The second-order valence-corrected chi connectivity index (χ2v) is 9.44. The van der Waals surface area contributed by atoms with Crippen molar-refractivity contribution in [1.29, 1.82) is 5.26 Å². The van der Waals surface area contributed by atoms with Crippen molar-refractivity contribution in [1.82, 2.24) is 24.0 Å². The minimum Gasteiger partial charge on any atom is -0.346 e. The maximum atomic E-state index is 13.6. The van der Waals surface area contributed by atoms with Crippen molar-refractivity contribution in [2.75, 3.05) is 13.1 Å². The van der Waals surface area contributed by atoms with Crippen molar-refractivity contribution in [3.8, 4) is 11.8 Å². The molecule has 6 rings (SSSR count). The monoisotopic (exact) mass is 480 g/mol. The van der Waals surface area contributed by atoms with Gasteiger partial charge >= 0.3 is 5.69 Å². The van der Waals surface area contributed by atoms with E-state index < -0.39 is 0 Å². The highest BCUT2D eigenvalue weighted by Crippen LogP contribution is 2.29. The zero-order valence-corrected chi connectivity index (χ0v) is 19.9. The maximum Gasteiger partial charge on any atom is 0.334 e. The Bertz CT molecular complexity index is 1680. The van der Waals surface area contributed by atoms with Crippen LogP contribution in [0.25, 0.3) is 27.6 Å². The number of likely N-dealkylation sites (tertiary alicyclic amines) is 1. The standard InChI is InChI=1S/C28H25FN6O/c1-18-19(2-7-25-24(18)14-21(15-30)32-25)17-33-12-9-23(10-13-33)34-26-8-11-31-16-27(26)35(28(34)36)22-5-3-20(29)4-6-22/h2-8,11,14,16,23,32H,9-10,12-13,17H2,1H3. The Labute approximate surface area is 207 Å². The Balaban J connectivity index is 1.25. The molecule has 0 amide bonds. The zero-order chi connectivity index (χ0) is 24.8. The van der Waals surface area contributed by atoms with Gasteiger partial charge in [-0.2, -0.15) is 5.26 Å². The minimum absolute atomic E-state index is 0.0757. The molecule has 0 aliphatic carbocycles. The van der Waals surface area contributed by atoms with Crippen molar-refractivity contribution in [2.24, 2.45) is 0 Å². The molecular formula is C28H25FN6O. The van der Waals surface area contributed by atoms with Gasteiger partial charge in [-0.1, -0.05) is 6.07 Å². The summed E-state index contributed by atoms with van der Waals surface area (Å²) in [5.41, 5.74) is 6.09. The molecule has 4 heterocycles. The highest BCUT2D eigenvalue weighted by molar-refractivity contribution is 5.85. The second-order valence-electron chi connectivity index (χ2n) is 9.44. The van der Waals surface area contributed by atoms with Gasteiger partial charge in [0, 0.05) is 42.8 Å². The molecule has 1 aliphatic rings. The van der Waals surface area contributed by atoms with Gasteiger partial charge in [0.25, 0.3) is 0 Å². The van der Waals surface area contributed by atoms with Gasteiger partial charge in [0.05, 0.1) is 22.9 Å². The number of imidazole rings is 1. The van der Waals surface area contributed by atoms with Crippen molar-refractivity contribution >= 4 is 21.9 Å². The van der Waals surface area contributed by atoms with Crippen molar-refractivity contribution in [3.05, 3.63) is 94.0 Å². The number of piperidine rings is 1. The van der Waals surface area contributed by atoms with E-state index in [4.69, 9.17) is 0 Å². The Morgan fingerprint density at radius 1 is 1.11 bits per heavy atom. The zero-order valence-electron chi connectivity index (χ0n) is 19.9. The van der Waals surface area contributed by atoms with Crippen molar-refractivity contribution in [2.45, 2.75) is 32.4 Å². The number of rotatable bonds is 4. The van der Waals surface area contributed by atoms with E-state index in [1.165, 1.54) is 23.3 Å². The molecule has 5 aromatic rings. The highest BCUT2D eigenvalue weighted by Gasteiger charge is 2.26. The molecule has 0 unspecified atom stereocenters. The molecule has 0 spiro atoms. The van der Waals surface area contributed by atoms with Gasteiger partial charge in [-0.15, -0.1) is 0 Å². The maximum absolute atomic E-state index is 13.6. The number of nitrogens with one attached hydrogen (secondary N) is 1. The Hall–Kier alpha value is -4.22. The summed E-state index contributed by atoms with van der Waals surface area (Å²) in [6.07, 6.45) is 5.12. The van der Waals surface area contributed by atoms with E-state index in [9.17, 15) is 14.4 Å². The minimum atomic E-state index is -0.336. The number of hydrogen-bond acceptors (Lipinski definition) is 4. The molecule has 0 radical (unpaired) electrons. The van der Waals surface area contributed by atoms with E-state index in [0.29, 0.717) is 11.4 Å². The predicted molar refractivity (Wildman–Crippen MR) is 137 cm³/mol. The van der Waals surface area contributed by atoms with Crippen LogP contribution in [0, 0.1) is 24.1 Å². The largest absolute Gasteiger partial charge is 0.346 e. The molecule has 0 saturated carbocycles. The number of nitriles is 1. The molecule has 36 heavy (non-hydrogen) atoms. The van der Waals surface area contributed by atoms with E-state index in [0.717, 1.165) is 54.4 Å². The molecule has 2 aromatic carbocycles. The molecule has 1 N–H and O–H groups in total. The van der Waals surface area contributed by atoms with Crippen molar-refractivity contribution < 1.29 is 4.39 Å². The fraction of sp³-hybridized carbons (Fsp3) is 0.250. The SMILES string of the molecule is Cc1c(CN2CCC(n3c(=O)n(-c4ccc(F)cc4)c4cnccc43)CC2)ccc2[nH]c(C#N)cc12. The number of aromatic nitrogens is 4. The first-order chi connectivity index (χ1) is 17.5. The summed E-state index contributed by atoms with van der Waals surface area (Å²) < 4.78 is 17.0. The number of halogens is 1. The van der Waals surface area contributed by atoms with Crippen LogP contribution in [0.5, 0.6) is 0 Å². The molecule has 180 valence electrons. The van der Waals surface area contributed by atoms with Gasteiger partial charge < -0.3 is 4.98 Å². The lowest BCUT2D eigenvalue weighted by Crippen LogP contribution is -2.37. The molecule has 3 aromatic heterocycles. The average Bonchev–Trinajstić information content (AvgIpc) is 3.46. The number of H-pyrrole nitrogens is 1. The third kappa shape index (κ3) is 3.69. The van der Waals surface area contributed by atoms with Gasteiger partial charge in [-0.05, 0) is 73.4 Å². The molecule has 1 saturated heterocycles. The number of pyridine rings is 1. The fourth-order valence-electron chi connectivity index (χ4n) is 5.46. The Kier molecular flexibility index (Phi) is 5.42. The van der Waals surface area contributed by atoms with Crippen LogP contribution in [0.4, 0.5) is 4.39 Å². The first-order valence-corrected chi connectivity index (χ1v) is 12.1. The summed E-state index contributed by atoms with van der Waals surface area (Å²) in [5.74, 6) is -0.336. The first kappa shape index (κ1) is 22.3. The number of hydrogen-bond donors (Lipinski definition) is 1. The van der Waals surface area contributed by atoms with E-state index in [-0.39, 0.29) is 17.5 Å².